The van der Waals surface area contributed by atoms with Crippen LogP contribution in [0.2, 0.25) is 0 Å². The van der Waals surface area contributed by atoms with Gasteiger partial charge in [0.15, 0.2) is 5.78 Å². The number of benzene rings is 2. The molecule has 1 heterocycles. The molecule has 0 aliphatic carbocycles. The molecule has 2 aromatic carbocycles. The zero-order valence-corrected chi connectivity index (χ0v) is 14.0. The maximum Gasteiger partial charge on any atom is 0.229 e. The number of nitrogens with one attached hydrogen (secondary N) is 1. The lowest BCUT2D eigenvalue weighted by atomic mass is 10.1. The predicted octanol–water partition coefficient (Wildman–Crippen LogP) is 2.89. The van der Waals surface area contributed by atoms with E-state index in [-0.39, 0.29) is 5.78 Å². The lowest BCUT2D eigenvalue weighted by Crippen LogP contribution is -2.09. The van der Waals surface area contributed by atoms with Crippen LogP contribution in [0.15, 0.2) is 48.5 Å². The Balaban J connectivity index is 1.70. The van der Waals surface area contributed by atoms with E-state index in [1.165, 1.54) is 6.08 Å². The molecule has 6 heteroatoms. The van der Waals surface area contributed by atoms with E-state index in [9.17, 15) is 13.2 Å². The maximum atomic E-state index is 12.2. The standard InChI is InChI=1S/C18H17NO4S/c1-24(21,22)19-16-6-4-14(5-7-16)17(20)8-2-13-3-9-18-15(12-13)10-11-23-18/h2-9,12,19H,10-11H2,1H3. The van der Waals surface area contributed by atoms with Crippen molar-refractivity contribution in [3.05, 3.63) is 65.2 Å². The van der Waals surface area contributed by atoms with E-state index < -0.39 is 10.0 Å². The largest absolute Gasteiger partial charge is 0.493 e. The second-order valence-electron chi connectivity index (χ2n) is 5.61. The molecule has 5 nitrogen and oxygen atoms in total. The number of ether oxygens (including phenoxy) is 1. The normalized spacial score (nSPS) is 13.5. The van der Waals surface area contributed by atoms with Crippen LogP contribution in [0.25, 0.3) is 6.08 Å². The van der Waals surface area contributed by atoms with E-state index in [1.807, 2.05) is 18.2 Å². The van der Waals surface area contributed by atoms with Gasteiger partial charge in [-0.1, -0.05) is 12.1 Å². The summed E-state index contributed by atoms with van der Waals surface area (Å²) in [5, 5.41) is 0. The van der Waals surface area contributed by atoms with Crippen molar-refractivity contribution in [3.8, 4) is 5.75 Å². The molecule has 2 aromatic rings. The van der Waals surface area contributed by atoms with E-state index in [2.05, 4.69) is 4.72 Å². The number of fused-ring (bicyclic) bond motifs is 1. The van der Waals surface area contributed by atoms with Gasteiger partial charge in [-0.3, -0.25) is 9.52 Å². The molecule has 0 saturated carbocycles. The van der Waals surface area contributed by atoms with Crippen molar-refractivity contribution >= 4 is 27.6 Å². The van der Waals surface area contributed by atoms with Gasteiger partial charge >= 0.3 is 0 Å². The average Bonchev–Trinajstić information content (AvgIpc) is 2.99. The van der Waals surface area contributed by atoms with Crippen LogP contribution in [0, 0.1) is 0 Å². The highest BCUT2D eigenvalue weighted by Crippen LogP contribution is 2.26. The van der Waals surface area contributed by atoms with Crippen LogP contribution >= 0.6 is 0 Å². The Morgan fingerprint density at radius 2 is 1.92 bits per heavy atom. The van der Waals surface area contributed by atoms with Crippen LogP contribution in [0.3, 0.4) is 0 Å². The number of ketones is 1. The molecule has 24 heavy (non-hydrogen) atoms. The zero-order chi connectivity index (χ0) is 17.2. The molecule has 0 bridgehead atoms. The van der Waals surface area contributed by atoms with Gasteiger partial charge in [0.1, 0.15) is 5.75 Å². The number of anilines is 1. The molecule has 1 aliphatic heterocycles. The second-order valence-corrected chi connectivity index (χ2v) is 7.36. The first-order valence-corrected chi connectivity index (χ1v) is 9.36. The van der Waals surface area contributed by atoms with Crippen molar-refractivity contribution in [2.75, 3.05) is 17.6 Å². The Kier molecular flexibility index (Phi) is 4.40. The summed E-state index contributed by atoms with van der Waals surface area (Å²) >= 11 is 0. The van der Waals surface area contributed by atoms with Gasteiger partial charge < -0.3 is 4.74 Å². The van der Waals surface area contributed by atoms with E-state index >= 15 is 0 Å². The minimum Gasteiger partial charge on any atom is -0.493 e. The van der Waals surface area contributed by atoms with Crippen molar-refractivity contribution in [2.24, 2.45) is 0 Å². The molecule has 1 N–H and O–H groups in total. The first-order valence-electron chi connectivity index (χ1n) is 7.47. The van der Waals surface area contributed by atoms with Gasteiger partial charge in [0.2, 0.25) is 10.0 Å². The predicted molar refractivity (Wildman–Crippen MR) is 93.9 cm³/mol. The SMILES string of the molecule is CS(=O)(=O)Nc1ccc(C(=O)C=Cc2ccc3c(c2)CCO3)cc1. The summed E-state index contributed by atoms with van der Waals surface area (Å²) in [4.78, 5) is 12.2. The number of carbonyl (C=O) groups excluding carboxylic acids is 1. The first kappa shape index (κ1) is 16.3. The fourth-order valence-electron chi connectivity index (χ4n) is 2.49. The zero-order valence-electron chi connectivity index (χ0n) is 13.2. The Hall–Kier alpha value is -2.60. The third-order valence-electron chi connectivity index (χ3n) is 3.61. The first-order chi connectivity index (χ1) is 11.4. The van der Waals surface area contributed by atoms with Gasteiger partial charge in [-0.05, 0) is 53.6 Å². The molecular formula is C18H17NO4S. The highest BCUT2D eigenvalue weighted by molar-refractivity contribution is 7.92. The lowest BCUT2D eigenvalue weighted by molar-refractivity contribution is 0.104. The summed E-state index contributed by atoms with van der Waals surface area (Å²) in [7, 11) is -3.32. The van der Waals surface area contributed by atoms with E-state index in [1.54, 1.807) is 30.3 Å². The van der Waals surface area contributed by atoms with Gasteiger partial charge in [-0.25, -0.2) is 8.42 Å². The average molecular weight is 343 g/mol. The van der Waals surface area contributed by atoms with Crippen LogP contribution in [0.4, 0.5) is 5.69 Å². The smallest absolute Gasteiger partial charge is 0.229 e. The molecule has 0 radical (unpaired) electrons. The number of carbonyl (C=O) groups is 1. The lowest BCUT2D eigenvalue weighted by Gasteiger charge is -2.04. The van der Waals surface area contributed by atoms with Gasteiger partial charge in [0, 0.05) is 17.7 Å². The van der Waals surface area contributed by atoms with E-state index in [4.69, 9.17) is 4.74 Å². The van der Waals surface area contributed by atoms with Crippen LogP contribution < -0.4 is 9.46 Å². The minimum absolute atomic E-state index is 0.141. The minimum atomic E-state index is -3.32. The summed E-state index contributed by atoms with van der Waals surface area (Å²) in [6.45, 7) is 0.704. The monoisotopic (exact) mass is 343 g/mol. The van der Waals surface area contributed by atoms with Gasteiger partial charge in [0.25, 0.3) is 0 Å². The van der Waals surface area contributed by atoms with E-state index in [0.717, 1.165) is 29.6 Å². The van der Waals surface area contributed by atoms with Gasteiger partial charge in [0.05, 0.1) is 12.9 Å². The summed E-state index contributed by atoms with van der Waals surface area (Å²) in [5.41, 5.74) is 3.02. The Morgan fingerprint density at radius 3 is 2.62 bits per heavy atom. The number of hydrogen-bond donors (Lipinski definition) is 1. The maximum absolute atomic E-state index is 12.2. The molecule has 1 aliphatic rings. The molecule has 0 aromatic heterocycles. The molecular weight excluding hydrogens is 326 g/mol. The molecule has 0 saturated heterocycles. The quantitative estimate of drug-likeness (QED) is 0.669. The highest BCUT2D eigenvalue weighted by atomic mass is 32.2. The van der Waals surface area contributed by atoms with Crippen LogP contribution in [0.5, 0.6) is 5.75 Å². The van der Waals surface area contributed by atoms with Crippen molar-refractivity contribution in [3.63, 3.8) is 0 Å². The number of sulfonamides is 1. The van der Waals surface area contributed by atoms with Gasteiger partial charge in [-0.15, -0.1) is 0 Å². The number of hydrogen-bond acceptors (Lipinski definition) is 4. The summed E-state index contributed by atoms with van der Waals surface area (Å²) < 4.78 is 30.1. The number of allylic oxidation sites excluding steroid dienone is 1. The van der Waals surface area contributed by atoms with Crippen molar-refractivity contribution < 1.29 is 17.9 Å². The molecule has 0 amide bonds. The third kappa shape index (κ3) is 4.02. The molecule has 0 fully saturated rings. The number of rotatable bonds is 5. The molecule has 0 atom stereocenters. The van der Waals surface area contributed by atoms with Crippen molar-refractivity contribution in [1.29, 1.82) is 0 Å². The molecule has 3 rings (SSSR count). The van der Waals surface area contributed by atoms with Gasteiger partial charge in [-0.2, -0.15) is 0 Å². The summed E-state index contributed by atoms with van der Waals surface area (Å²) in [6, 6.07) is 12.2. The topological polar surface area (TPSA) is 72.5 Å². The van der Waals surface area contributed by atoms with Crippen LogP contribution in [-0.4, -0.2) is 27.1 Å². The van der Waals surface area contributed by atoms with Crippen LogP contribution in [-0.2, 0) is 16.4 Å². The Bertz CT molecular complexity index is 899. The molecule has 0 spiro atoms. The molecule has 124 valence electrons. The summed E-state index contributed by atoms with van der Waals surface area (Å²) in [5.74, 6) is 0.769. The fraction of sp³-hybridized carbons (Fsp3) is 0.167. The summed E-state index contributed by atoms with van der Waals surface area (Å²) in [6.07, 6.45) is 5.25. The molecule has 0 unspecified atom stereocenters. The van der Waals surface area contributed by atoms with Crippen molar-refractivity contribution in [2.45, 2.75) is 6.42 Å². The fourth-order valence-corrected chi connectivity index (χ4v) is 3.06. The van der Waals surface area contributed by atoms with Crippen molar-refractivity contribution in [1.82, 2.24) is 0 Å². The second kappa shape index (κ2) is 6.49. The van der Waals surface area contributed by atoms with Crippen LogP contribution in [0.1, 0.15) is 21.5 Å². The van der Waals surface area contributed by atoms with E-state index in [0.29, 0.717) is 17.9 Å². The highest BCUT2D eigenvalue weighted by Gasteiger charge is 2.11. The Labute approximate surface area is 141 Å². The Morgan fingerprint density at radius 1 is 1.17 bits per heavy atom. The third-order valence-corrected chi connectivity index (χ3v) is 4.22.